The highest BCUT2D eigenvalue weighted by Crippen LogP contribution is 2.31. The fourth-order valence-corrected chi connectivity index (χ4v) is 4.89. The number of nitrogens with zero attached hydrogens (tertiary/aromatic N) is 5. The maximum atomic E-state index is 13.3. The van der Waals surface area contributed by atoms with Gasteiger partial charge >= 0.3 is 0 Å². The van der Waals surface area contributed by atoms with Crippen molar-refractivity contribution in [3.8, 4) is 6.07 Å². The van der Waals surface area contributed by atoms with Crippen molar-refractivity contribution >= 4 is 33.8 Å². The summed E-state index contributed by atoms with van der Waals surface area (Å²) in [4.78, 5) is 32.8. The Morgan fingerprint density at radius 2 is 1.94 bits per heavy atom. The van der Waals surface area contributed by atoms with Crippen LogP contribution >= 0.6 is 11.3 Å². The van der Waals surface area contributed by atoms with Crippen molar-refractivity contribution in [1.82, 2.24) is 14.4 Å². The van der Waals surface area contributed by atoms with Gasteiger partial charge in [0.25, 0.3) is 11.5 Å². The number of aryl methyl sites for hydroxylation is 1. The Labute approximate surface area is 191 Å². The first kappa shape index (κ1) is 22.1. The molecule has 3 aromatic rings. The predicted octanol–water partition coefficient (Wildman–Crippen LogP) is 2.77. The number of carbonyl (C=O) groups is 1. The number of hydrogen-bond acceptors (Lipinski definition) is 6. The molecule has 32 heavy (non-hydrogen) atoms. The molecule has 1 aromatic carbocycles. The predicted molar refractivity (Wildman–Crippen MR) is 129 cm³/mol. The van der Waals surface area contributed by atoms with Crippen molar-refractivity contribution < 1.29 is 4.79 Å². The van der Waals surface area contributed by atoms with Gasteiger partial charge in [0.2, 0.25) is 0 Å². The molecule has 0 radical (unpaired) electrons. The third-order valence-corrected chi connectivity index (χ3v) is 6.75. The number of thiophene rings is 1. The summed E-state index contributed by atoms with van der Waals surface area (Å²) >= 11 is 1.45. The summed E-state index contributed by atoms with van der Waals surface area (Å²) in [5, 5.41) is 12.8. The Morgan fingerprint density at radius 3 is 2.56 bits per heavy atom. The monoisotopic (exact) mass is 449 g/mol. The Hall–Kier alpha value is -3.15. The first-order valence-corrected chi connectivity index (χ1v) is 11.6. The number of fused-ring (bicyclic) bond motifs is 1. The van der Waals surface area contributed by atoms with E-state index < -0.39 is 0 Å². The molecule has 8 heteroatoms. The molecule has 0 unspecified atom stereocenters. The second-order valence-corrected chi connectivity index (χ2v) is 9.32. The van der Waals surface area contributed by atoms with Gasteiger partial charge in [0.1, 0.15) is 11.6 Å². The average Bonchev–Trinajstić information content (AvgIpc) is 3.32. The van der Waals surface area contributed by atoms with Gasteiger partial charge in [0.15, 0.2) is 0 Å². The number of pyridine rings is 1. The van der Waals surface area contributed by atoms with Crippen LogP contribution in [0, 0.1) is 18.3 Å². The van der Waals surface area contributed by atoms with Gasteiger partial charge in [-0.2, -0.15) is 5.26 Å². The minimum Gasteiger partial charge on any atom is -0.366 e. The molecule has 2 aromatic heterocycles. The smallest absolute Gasteiger partial charge is 0.271 e. The van der Waals surface area contributed by atoms with Crippen LogP contribution in [0.2, 0.25) is 0 Å². The summed E-state index contributed by atoms with van der Waals surface area (Å²) in [6.45, 7) is 5.51. The van der Waals surface area contributed by atoms with E-state index in [2.05, 4.69) is 17.0 Å². The normalized spacial score (nSPS) is 14.2. The minimum absolute atomic E-state index is 0.0416. The molecule has 0 spiro atoms. The second-order valence-electron chi connectivity index (χ2n) is 8.37. The Morgan fingerprint density at radius 1 is 1.19 bits per heavy atom. The molecule has 0 aliphatic carbocycles. The van der Waals surface area contributed by atoms with Crippen molar-refractivity contribution in [3.63, 3.8) is 0 Å². The number of nitriles is 1. The fraction of sp³-hybridized carbons (Fsp3) is 0.375. The van der Waals surface area contributed by atoms with E-state index in [9.17, 15) is 14.9 Å². The third kappa shape index (κ3) is 4.14. The van der Waals surface area contributed by atoms with Crippen LogP contribution in [-0.4, -0.2) is 67.1 Å². The summed E-state index contributed by atoms with van der Waals surface area (Å²) < 4.78 is 1.72. The van der Waals surface area contributed by atoms with Crippen LogP contribution in [0.4, 0.5) is 5.69 Å². The van der Waals surface area contributed by atoms with E-state index >= 15 is 0 Å². The number of rotatable bonds is 5. The molecular formula is C24H27N5O2S. The number of likely N-dealkylation sites (N-methyl/N-ethyl adjacent to an activating group) is 1. The summed E-state index contributed by atoms with van der Waals surface area (Å²) in [6, 6.07) is 11.9. The molecule has 7 nitrogen and oxygen atoms in total. The lowest BCUT2D eigenvalue weighted by atomic mass is 10.0. The van der Waals surface area contributed by atoms with Crippen LogP contribution < -0.4 is 10.5 Å². The maximum absolute atomic E-state index is 13.3. The molecule has 0 saturated carbocycles. The fourth-order valence-electron chi connectivity index (χ4n) is 4.20. The number of piperazine rings is 1. The van der Waals surface area contributed by atoms with Gasteiger partial charge < -0.3 is 19.3 Å². The summed E-state index contributed by atoms with van der Waals surface area (Å²) in [5.41, 5.74) is 2.54. The number of aromatic nitrogens is 1. The van der Waals surface area contributed by atoms with Gasteiger partial charge in [-0.15, -0.1) is 11.3 Å². The molecule has 4 rings (SSSR count). The van der Waals surface area contributed by atoms with E-state index in [1.54, 1.807) is 4.57 Å². The molecule has 1 aliphatic rings. The van der Waals surface area contributed by atoms with Gasteiger partial charge in [-0.1, -0.05) is 17.7 Å². The number of benzene rings is 1. The Bertz CT molecular complexity index is 1230. The van der Waals surface area contributed by atoms with E-state index in [-0.39, 0.29) is 17.0 Å². The van der Waals surface area contributed by atoms with Crippen LogP contribution in [0.25, 0.3) is 10.9 Å². The summed E-state index contributed by atoms with van der Waals surface area (Å²) in [6.07, 6.45) is 0. The van der Waals surface area contributed by atoms with Crippen LogP contribution in [0.1, 0.15) is 20.8 Å². The largest absolute Gasteiger partial charge is 0.366 e. The van der Waals surface area contributed by atoms with Crippen molar-refractivity contribution in [1.29, 1.82) is 5.26 Å². The lowest BCUT2D eigenvalue weighted by molar-refractivity contribution is 0.0751. The molecule has 1 fully saturated rings. The van der Waals surface area contributed by atoms with Crippen LogP contribution in [0.15, 0.2) is 40.5 Å². The molecular weight excluding hydrogens is 422 g/mol. The lowest BCUT2D eigenvalue weighted by Crippen LogP contribution is -2.49. The first-order chi connectivity index (χ1) is 15.4. The quantitative estimate of drug-likeness (QED) is 0.599. The third-order valence-electron chi connectivity index (χ3n) is 5.89. The van der Waals surface area contributed by atoms with Gasteiger partial charge in [-0.3, -0.25) is 9.59 Å². The zero-order valence-corrected chi connectivity index (χ0v) is 19.5. The number of carbonyl (C=O) groups excluding carboxylic acids is 1. The van der Waals surface area contributed by atoms with E-state index in [4.69, 9.17) is 0 Å². The molecule has 1 aliphatic heterocycles. The molecule has 0 atom stereocenters. The van der Waals surface area contributed by atoms with Crippen molar-refractivity contribution in [2.75, 3.05) is 51.7 Å². The Kier molecular flexibility index (Phi) is 6.31. The van der Waals surface area contributed by atoms with E-state index in [0.29, 0.717) is 45.0 Å². The molecule has 0 N–H and O–H groups in total. The highest BCUT2D eigenvalue weighted by Gasteiger charge is 2.27. The number of hydrogen-bond donors (Lipinski definition) is 0. The van der Waals surface area contributed by atoms with Crippen LogP contribution in [-0.2, 0) is 6.54 Å². The second kappa shape index (κ2) is 9.15. The van der Waals surface area contributed by atoms with E-state index in [1.807, 2.05) is 60.5 Å². The van der Waals surface area contributed by atoms with Gasteiger partial charge in [-0.25, -0.2) is 0 Å². The van der Waals surface area contributed by atoms with Crippen molar-refractivity contribution in [2.45, 2.75) is 13.5 Å². The number of amides is 1. The molecule has 3 heterocycles. The molecule has 166 valence electrons. The van der Waals surface area contributed by atoms with Gasteiger partial charge in [-0.05, 0) is 44.6 Å². The maximum Gasteiger partial charge on any atom is 0.271 e. The SMILES string of the molecule is Cc1ccc2c(c1)c(N1CCN(C(=O)c3cccs3)CC1)c(C#N)c(=O)n2CCN(C)C. The standard InChI is InChI=1S/C24H27N5O2S/c1-17-6-7-20-18(15-17)22(19(16-25)23(30)29(20)13-8-26(2)3)27-9-11-28(12-10-27)24(31)21-5-4-14-32-21/h4-7,14-15H,8-13H2,1-3H3. The van der Waals surface area contributed by atoms with E-state index in [1.165, 1.54) is 11.3 Å². The minimum atomic E-state index is -0.252. The molecule has 0 bridgehead atoms. The average molecular weight is 450 g/mol. The highest BCUT2D eigenvalue weighted by atomic mass is 32.1. The lowest BCUT2D eigenvalue weighted by Gasteiger charge is -2.37. The molecule has 1 amide bonds. The molecule has 1 saturated heterocycles. The summed E-state index contributed by atoms with van der Waals surface area (Å²) in [7, 11) is 3.93. The van der Waals surface area contributed by atoms with Gasteiger partial charge in [0.05, 0.1) is 16.1 Å². The topological polar surface area (TPSA) is 72.6 Å². The Balaban J connectivity index is 1.72. The van der Waals surface area contributed by atoms with Crippen LogP contribution in [0.5, 0.6) is 0 Å². The zero-order valence-electron chi connectivity index (χ0n) is 18.7. The van der Waals surface area contributed by atoms with Gasteiger partial charge in [0, 0.05) is 44.7 Å². The number of anilines is 1. The van der Waals surface area contributed by atoms with Crippen molar-refractivity contribution in [2.24, 2.45) is 0 Å². The van der Waals surface area contributed by atoms with Crippen molar-refractivity contribution in [3.05, 3.63) is 62.1 Å². The highest BCUT2D eigenvalue weighted by molar-refractivity contribution is 7.12. The van der Waals surface area contributed by atoms with E-state index in [0.717, 1.165) is 21.3 Å². The summed E-state index contributed by atoms with van der Waals surface area (Å²) in [5.74, 6) is 0.0416. The first-order valence-electron chi connectivity index (χ1n) is 10.7. The zero-order chi connectivity index (χ0) is 22.8. The van der Waals surface area contributed by atoms with Crippen LogP contribution in [0.3, 0.4) is 0 Å².